The second-order valence-electron chi connectivity index (χ2n) is 7.59. The van der Waals surface area contributed by atoms with E-state index in [4.69, 9.17) is 16.0 Å². The van der Waals surface area contributed by atoms with E-state index in [-0.39, 0.29) is 22.5 Å². The zero-order valence-corrected chi connectivity index (χ0v) is 18.8. The summed E-state index contributed by atoms with van der Waals surface area (Å²) in [5, 5.41) is 13.8. The molecule has 0 spiro atoms. The van der Waals surface area contributed by atoms with Crippen LogP contribution in [-0.4, -0.2) is 47.8 Å². The van der Waals surface area contributed by atoms with Gasteiger partial charge in [0, 0.05) is 49.7 Å². The van der Waals surface area contributed by atoms with Gasteiger partial charge in [-0.15, -0.1) is 0 Å². The van der Waals surface area contributed by atoms with Crippen molar-refractivity contribution in [3.05, 3.63) is 93.4 Å². The molecule has 0 aliphatic carbocycles. The van der Waals surface area contributed by atoms with E-state index in [0.29, 0.717) is 43.2 Å². The van der Waals surface area contributed by atoms with Crippen LogP contribution >= 0.6 is 11.6 Å². The summed E-state index contributed by atoms with van der Waals surface area (Å²) in [6.07, 6.45) is 4.27. The number of nitro groups is 1. The third-order valence-corrected chi connectivity index (χ3v) is 5.71. The molecule has 1 N–H and O–H groups in total. The minimum absolute atomic E-state index is 0.0391. The molecule has 0 radical (unpaired) electrons. The number of furan rings is 1. The molecule has 1 fully saturated rings. The lowest BCUT2D eigenvalue weighted by Gasteiger charge is -2.35. The number of benzene rings is 2. The Bertz CT molecular complexity index is 1220. The average Bonchev–Trinajstić information content (AvgIpc) is 3.39. The summed E-state index contributed by atoms with van der Waals surface area (Å²) in [5.74, 6) is -0.128. The van der Waals surface area contributed by atoms with Crippen LogP contribution in [0.15, 0.2) is 71.4 Å². The highest BCUT2D eigenvalue weighted by Gasteiger charge is 2.23. The summed E-state index contributed by atoms with van der Waals surface area (Å²) in [6.45, 7) is 2.56. The molecular formula is C24H21ClN4O5. The fraction of sp³-hybridized carbons (Fsp3) is 0.167. The Morgan fingerprint density at radius 2 is 1.79 bits per heavy atom. The number of halogens is 1. The highest BCUT2D eigenvalue weighted by molar-refractivity contribution is 6.32. The van der Waals surface area contributed by atoms with Crippen LogP contribution in [0, 0.1) is 10.1 Å². The van der Waals surface area contributed by atoms with Gasteiger partial charge in [0.1, 0.15) is 5.02 Å². The molecule has 1 saturated heterocycles. The van der Waals surface area contributed by atoms with Crippen LogP contribution in [-0.2, 0) is 4.79 Å². The van der Waals surface area contributed by atoms with Crippen molar-refractivity contribution < 1.29 is 18.9 Å². The van der Waals surface area contributed by atoms with Gasteiger partial charge in [-0.2, -0.15) is 0 Å². The Labute approximate surface area is 200 Å². The maximum Gasteiger partial charge on any atom is 0.289 e. The third-order valence-electron chi connectivity index (χ3n) is 5.39. The second kappa shape index (κ2) is 10.2. The van der Waals surface area contributed by atoms with E-state index in [1.165, 1.54) is 30.5 Å². The summed E-state index contributed by atoms with van der Waals surface area (Å²) in [5.41, 5.74) is 1.89. The molecule has 0 bridgehead atoms. The molecule has 0 saturated carbocycles. The lowest BCUT2D eigenvalue weighted by atomic mass is 10.2. The average molecular weight is 481 g/mol. The zero-order chi connectivity index (χ0) is 24.1. The largest absolute Gasteiger partial charge is 0.459 e. The Balaban J connectivity index is 1.30. The van der Waals surface area contributed by atoms with Crippen LogP contribution in [0.1, 0.15) is 16.1 Å². The van der Waals surface area contributed by atoms with E-state index in [1.54, 1.807) is 35.2 Å². The van der Waals surface area contributed by atoms with E-state index in [2.05, 4.69) is 10.2 Å². The molecule has 3 aromatic rings. The second-order valence-corrected chi connectivity index (χ2v) is 8.00. The van der Waals surface area contributed by atoms with Crippen LogP contribution < -0.4 is 10.2 Å². The number of anilines is 2. The molecule has 1 aliphatic rings. The van der Waals surface area contributed by atoms with Crippen molar-refractivity contribution in [2.24, 2.45) is 0 Å². The van der Waals surface area contributed by atoms with Crippen molar-refractivity contribution in [3.63, 3.8) is 0 Å². The van der Waals surface area contributed by atoms with Gasteiger partial charge in [-0.1, -0.05) is 17.7 Å². The number of nitrogens with one attached hydrogen (secondary N) is 1. The first-order valence-electron chi connectivity index (χ1n) is 10.5. The van der Waals surface area contributed by atoms with Gasteiger partial charge >= 0.3 is 0 Å². The Hall–Kier alpha value is -4.11. The van der Waals surface area contributed by atoms with Crippen LogP contribution in [0.4, 0.5) is 17.1 Å². The fourth-order valence-corrected chi connectivity index (χ4v) is 3.80. The molecule has 1 aromatic heterocycles. The summed E-state index contributed by atoms with van der Waals surface area (Å²) in [4.78, 5) is 39.0. The zero-order valence-electron chi connectivity index (χ0n) is 18.0. The molecule has 2 amide bonds. The summed E-state index contributed by atoms with van der Waals surface area (Å²) in [6, 6.07) is 15.1. The number of hydrogen-bond acceptors (Lipinski definition) is 6. The first-order valence-corrected chi connectivity index (χ1v) is 10.9. The lowest BCUT2D eigenvalue weighted by molar-refractivity contribution is -0.384. The van der Waals surface area contributed by atoms with Gasteiger partial charge in [-0.05, 0) is 54.1 Å². The van der Waals surface area contributed by atoms with Crippen LogP contribution in [0.5, 0.6) is 0 Å². The molecule has 2 aromatic carbocycles. The van der Waals surface area contributed by atoms with Gasteiger partial charge < -0.3 is 19.5 Å². The Kier molecular flexibility index (Phi) is 6.93. The first-order chi connectivity index (χ1) is 16.4. The first kappa shape index (κ1) is 23.1. The Morgan fingerprint density at radius 1 is 1.06 bits per heavy atom. The van der Waals surface area contributed by atoms with Gasteiger partial charge in [0.2, 0.25) is 5.91 Å². The fourth-order valence-electron chi connectivity index (χ4n) is 3.61. The minimum Gasteiger partial charge on any atom is -0.459 e. The van der Waals surface area contributed by atoms with E-state index in [1.807, 2.05) is 12.1 Å². The number of hydrogen-bond donors (Lipinski definition) is 1. The molecule has 1 aliphatic heterocycles. The van der Waals surface area contributed by atoms with E-state index < -0.39 is 4.92 Å². The van der Waals surface area contributed by atoms with Gasteiger partial charge in [0.15, 0.2) is 5.76 Å². The molecule has 0 atom stereocenters. The third kappa shape index (κ3) is 5.44. The highest BCUT2D eigenvalue weighted by Crippen LogP contribution is 2.25. The standard InChI is InChI=1S/C24H21ClN4O5/c25-20-9-3-17(16-21(20)29(32)33)4-10-23(30)26-18-5-7-19(8-6-18)27-11-13-28(14-12-27)24(31)22-2-1-15-34-22/h1-10,15-16H,11-14H2,(H,26,30)/b10-4+. The number of carbonyl (C=O) groups excluding carboxylic acids is 2. The van der Waals surface area contributed by atoms with Crippen molar-refractivity contribution in [1.29, 1.82) is 0 Å². The van der Waals surface area contributed by atoms with Crippen molar-refractivity contribution in [2.75, 3.05) is 36.4 Å². The topological polar surface area (TPSA) is 109 Å². The molecule has 10 heteroatoms. The molecular weight excluding hydrogens is 460 g/mol. The summed E-state index contributed by atoms with van der Waals surface area (Å²) < 4.78 is 5.19. The van der Waals surface area contributed by atoms with E-state index >= 15 is 0 Å². The van der Waals surface area contributed by atoms with Crippen LogP contribution in [0.2, 0.25) is 5.02 Å². The number of nitrogens with zero attached hydrogens (tertiary/aromatic N) is 3. The number of nitro benzene ring substituents is 1. The van der Waals surface area contributed by atoms with Crippen molar-refractivity contribution in [2.45, 2.75) is 0 Å². The van der Waals surface area contributed by atoms with Gasteiger partial charge in [-0.25, -0.2) is 0 Å². The lowest BCUT2D eigenvalue weighted by Crippen LogP contribution is -2.48. The molecule has 9 nitrogen and oxygen atoms in total. The van der Waals surface area contributed by atoms with E-state index in [0.717, 1.165) is 5.69 Å². The van der Waals surface area contributed by atoms with Crippen LogP contribution in [0.25, 0.3) is 6.08 Å². The monoisotopic (exact) mass is 480 g/mol. The molecule has 2 heterocycles. The van der Waals surface area contributed by atoms with Crippen molar-refractivity contribution in [1.82, 2.24) is 4.90 Å². The molecule has 34 heavy (non-hydrogen) atoms. The number of piperazine rings is 1. The highest BCUT2D eigenvalue weighted by atomic mass is 35.5. The Morgan fingerprint density at radius 3 is 2.44 bits per heavy atom. The number of amides is 2. The van der Waals surface area contributed by atoms with Crippen molar-refractivity contribution >= 4 is 46.6 Å². The molecule has 174 valence electrons. The maximum absolute atomic E-state index is 12.4. The smallest absolute Gasteiger partial charge is 0.289 e. The van der Waals surface area contributed by atoms with Gasteiger partial charge in [-0.3, -0.25) is 19.7 Å². The van der Waals surface area contributed by atoms with Crippen LogP contribution in [0.3, 0.4) is 0 Å². The predicted molar refractivity (Wildman–Crippen MR) is 129 cm³/mol. The van der Waals surface area contributed by atoms with Crippen molar-refractivity contribution in [3.8, 4) is 0 Å². The summed E-state index contributed by atoms with van der Waals surface area (Å²) >= 11 is 5.80. The predicted octanol–water partition coefficient (Wildman–Crippen LogP) is 4.46. The number of carbonyl (C=O) groups is 2. The normalized spacial score (nSPS) is 13.8. The quantitative estimate of drug-likeness (QED) is 0.317. The van der Waals surface area contributed by atoms with Gasteiger partial charge in [0.25, 0.3) is 11.6 Å². The molecule has 0 unspecified atom stereocenters. The minimum atomic E-state index is -0.571. The SMILES string of the molecule is O=C(/C=C/c1ccc(Cl)c([N+](=O)[O-])c1)Nc1ccc(N2CCN(C(=O)c3ccco3)CC2)cc1. The maximum atomic E-state index is 12.4. The summed E-state index contributed by atoms with van der Waals surface area (Å²) in [7, 11) is 0. The molecule has 4 rings (SSSR count). The van der Waals surface area contributed by atoms with Gasteiger partial charge in [0.05, 0.1) is 11.2 Å². The number of rotatable bonds is 6. The van der Waals surface area contributed by atoms with E-state index in [9.17, 15) is 19.7 Å².